The summed E-state index contributed by atoms with van der Waals surface area (Å²) in [6.45, 7) is 0.194. The number of alkyl halides is 3. The number of hydrogen-bond donors (Lipinski definition) is 1. The van der Waals surface area contributed by atoms with Crippen LogP contribution in [0.5, 0.6) is 11.6 Å². The van der Waals surface area contributed by atoms with Crippen LogP contribution in [0.4, 0.5) is 13.2 Å². The molecule has 0 saturated carbocycles. The summed E-state index contributed by atoms with van der Waals surface area (Å²) in [6.07, 6.45) is -0.862. The van der Waals surface area contributed by atoms with Crippen molar-refractivity contribution >= 4 is 22.5 Å². The third-order valence-corrected chi connectivity index (χ3v) is 6.72. The summed E-state index contributed by atoms with van der Waals surface area (Å²) in [4.78, 5) is 12.0. The Morgan fingerprint density at radius 2 is 1.77 bits per heavy atom. The van der Waals surface area contributed by atoms with Crippen molar-refractivity contribution in [2.24, 2.45) is 7.05 Å². The van der Waals surface area contributed by atoms with E-state index in [0.717, 1.165) is 17.8 Å². The van der Waals surface area contributed by atoms with Gasteiger partial charge in [0.2, 0.25) is 5.75 Å². The Morgan fingerprint density at radius 3 is 2.44 bits per heavy atom. The zero-order chi connectivity index (χ0) is 27.8. The summed E-state index contributed by atoms with van der Waals surface area (Å²) in [5.41, 5.74) is -1.43. The first-order chi connectivity index (χ1) is 18.6. The number of rotatable bonds is 7. The predicted molar refractivity (Wildman–Crippen MR) is 139 cm³/mol. The van der Waals surface area contributed by atoms with Crippen molar-refractivity contribution in [1.82, 2.24) is 19.5 Å². The molecule has 1 unspecified atom stereocenters. The van der Waals surface area contributed by atoms with Gasteiger partial charge in [-0.25, -0.2) is 9.97 Å². The zero-order valence-corrected chi connectivity index (χ0v) is 21.5. The topological polar surface area (TPSA) is 82.3 Å². The molecule has 0 aliphatic heterocycles. The number of methoxy groups -OCH3 is 1. The van der Waals surface area contributed by atoms with Gasteiger partial charge in [-0.2, -0.15) is 13.2 Å². The molecule has 5 rings (SSSR count). The maximum absolute atomic E-state index is 13.5. The first-order valence-electron chi connectivity index (χ1n) is 11.7. The van der Waals surface area contributed by atoms with Gasteiger partial charge in [0.1, 0.15) is 12.3 Å². The molecule has 3 heterocycles. The molecule has 0 aliphatic carbocycles. The van der Waals surface area contributed by atoms with Gasteiger partial charge in [-0.15, -0.1) is 0 Å². The summed E-state index contributed by atoms with van der Waals surface area (Å²) < 4.78 is 53.5. The Labute approximate surface area is 226 Å². The highest BCUT2D eigenvalue weighted by Gasteiger charge is 2.40. The number of fused-ring (bicyclic) bond motifs is 1. The zero-order valence-electron chi connectivity index (χ0n) is 20.8. The molecule has 2 aromatic carbocycles. The fourth-order valence-corrected chi connectivity index (χ4v) is 4.67. The average Bonchev–Trinajstić information content (AvgIpc) is 3.38. The lowest BCUT2D eigenvalue weighted by molar-refractivity contribution is -0.141. The van der Waals surface area contributed by atoms with Crippen LogP contribution in [-0.2, 0) is 25.4 Å². The second kappa shape index (κ2) is 10.2. The van der Waals surface area contributed by atoms with Gasteiger partial charge in [0.25, 0.3) is 5.88 Å². The van der Waals surface area contributed by atoms with Crippen molar-refractivity contribution in [1.29, 1.82) is 0 Å². The first kappa shape index (κ1) is 26.5. The molecule has 39 heavy (non-hydrogen) atoms. The van der Waals surface area contributed by atoms with Gasteiger partial charge >= 0.3 is 6.18 Å². The number of nitrogens with zero attached hydrogens (tertiary/aromatic N) is 4. The van der Waals surface area contributed by atoms with Gasteiger partial charge in [-0.05, 0) is 41.0 Å². The van der Waals surface area contributed by atoms with Crippen LogP contribution in [-0.4, -0.2) is 31.7 Å². The molecule has 0 fully saturated rings. The van der Waals surface area contributed by atoms with E-state index >= 15 is 0 Å². The van der Waals surface area contributed by atoms with Crippen LogP contribution in [0, 0.1) is 0 Å². The number of ether oxygens (including phenoxy) is 2. The minimum absolute atomic E-state index is 0.0501. The molecule has 3 aromatic heterocycles. The molecule has 0 bridgehead atoms. The van der Waals surface area contributed by atoms with Gasteiger partial charge in [0.15, 0.2) is 5.60 Å². The van der Waals surface area contributed by atoms with Crippen molar-refractivity contribution in [3.63, 3.8) is 0 Å². The Hall–Kier alpha value is -4.15. The molecule has 200 valence electrons. The van der Waals surface area contributed by atoms with E-state index in [0.29, 0.717) is 10.9 Å². The number of imidazole rings is 1. The lowest BCUT2D eigenvalue weighted by atomic mass is 9.83. The van der Waals surface area contributed by atoms with E-state index in [2.05, 4.69) is 15.0 Å². The molecule has 0 spiro atoms. The van der Waals surface area contributed by atoms with Crippen molar-refractivity contribution in [2.45, 2.75) is 18.4 Å². The van der Waals surface area contributed by atoms with E-state index in [1.54, 1.807) is 25.2 Å². The van der Waals surface area contributed by atoms with Crippen LogP contribution < -0.4 is 9.47 Å². The predicted octanol–water partition coefficient (Wildman–Crippen LogP) is 5.91. The van der Waals surface area contributed by atoms with Gasteiger partial charge in [-0.3, -0.25) is 4.98 Å². The van der Waals surface area contributed by atoms with E-state index in [-0.39, 0.29) is 40.1 Å². The van der Waals surface area contributed by atoms with Crippen LogP contribution in [0.1, 0.15) is 28.1 Å². The fourth-order valence-electron chi connectivity index (χ4n) is 4.38. The van der Waals surface area contributed by atoms with Crippen molar-refractivity contribution in [2.75, 3.05) is 7.11 Å². The molecular weight excluding hydrogens is 533 g/mol. The number of benzene rings is 2. The van der Waals surface area contributed by atoms with Gasteiger partial charge in [0.05, 0.1) is 35.9 Å². The third kappa shape index (κ3) is 4.88. The van der Waals surface area contributed by atoms with E-state index in [9.17, 15) is 18.3 Å². The van der Waals surface area contributed by atoms with E-state index in [1.165, 1.54) is 30.3 Å². The SMILES string of the molecule is COc1nc2ccc(C(O)(c3ccnc(C(F)(F)F)c3)c3cncn3C)cc2c(Cl)c1OCc1ccccc1. The third-order valence-electron chi connectivity index (χ3n) is 6.34. The van der Waals surface area contributed by atoms with Gasteiger partial charge in [-0.1, -0.05) is 48.0 Å². The number of hydrogen-bond acceptors (Lipinski definition) is 6. The van der Waals surface area contributed by atoms with E-state index in [1.807, 2.05) is 30.3 Å². The molecule has 0 amide bonds. The molecule has 1 N–H and O–H groups in total. The highest BCUT2D eigenvalue weighted by Crippen LogP contribution is 2.43. The monoisotopic (exact) mass is 554 g/mol. The smallest absolute Gasteiger partial charge is 0.433 e. The van der Waals surface area contributed by atoms with Crippen molar-refractivity contribution < 1.29 is 27.8 Å². The molecular formula is C28H22ClF3N4O3. The summed E-state index contributed by atoms with van der Waals surface area (Å²) in [5, 5.41) is 12.8. The summed E-state index contributed by atoms with van der Waals surface area (Å²) in [6, 6.07) is 16.3. The van der Waals surface area contributed by atoms with Gasteiger partial charge in [0, 0.05) is 18.6 Å². The molecule has 0 radical (unpaired) electrons. The van der Waals surface area contributed by atoms with Crippen LogP contribution in [0.15, 0.2) is 79.4 Å². The van der Waals surface area contributed by atoms with Crippen LogP contribution in [0.2, 0.25) is 5.02 Å². The average molecular weight is 555 g/mol. The maximum atomic E-state index is 13.5. The lowest BCUT2D eigenvalue weighted by Gasteiger charge is -2.30. The second-order valence-corrected chi connectivity index (χ2v) is 9.18. The number of aryl methyl sites for hydroxylation is 1. The summed E-state index contributed by atoms with van der Waals surface area (Å²) in [5.74, 6) is 0.363. The quantitative estimate of drug-likeness (QED) is 0.269. The summed E-state index contributed by atoms with van der Waals surface area (Å²) >= 11 is 6.80. The second-order valence-electron chi connectivity index (χ2n) is 8.80. The maximum Gasteiger partial charge on any atom is 0.433 e. The molecule has 1 atom stereocenters. The molecule has 7 nitrogen and oxygen atoms in total. The number of aromatic nitrogens is 4. The number of halogens is 4. The lowest BCUT2D eigenvalue weighted by Crippen LogP contribution is -2.31. The number of aliphatic hydroxyl groups is 1. The normalized spacial score (nSPS) is 13.3. The van der Waals surface area contributed by atoms with Crippen LogP contribution in [0.25, 0.3) is 10.9 Å². The Balaban J connectivity index is 1.68. The van der Waals surface area contributed by atoms with Crippen molar-refractivity contribution in [3.8, 4) is 11.6 Å². The molecule has 0 saturated heterocycles. The van der Waals surface area contributed by atoms with Gasteiger partial charge < -0.3 is 19.1 Å². The molecule has 0 aliphatic rings. The Morgan fingerprint density at radius 1 is 1.03 bits per heavy atom. The molecule has 11 heteroatoms. The van der Waals surface area contributed by atoms with Crippen LogP contribution >= 0.6 is 11.6 Å². The molecule has 5 aromatic rings. The van der Waals surface area contributed by atoms with Crippen molar-refractivity contribution in [3.05, 3.63) is 112 Å². The Kier molecular flexibility index (Phi) is 6.92. The highest BCUT2D eigenvalue weighted by molar-refractivity contribution is 6.37. The minimum Gasteiger partial charge on any atom is -0.482 e. The highest BCUT2D eigenvalue weighted by atomic mass is 35.5. The minimum atomic E-state index is -4.71. The Bertz CT molecular complexity index is 1640. The van der Waals surface area contributed by atoms with Crippen LogP contribution in [0.3, 0.4) is 0 Å². The summed E-state index contributed by atoms with van der Waals surface area (Å²) in [7, 11) is 3.08. The fraction of sp³-hybridized carbons (Fsp3) is 0.179. The largest absolute Gasteiger partial charge is 0.482 e. The van der Waals surface area contributed by atoms with E-state index in [4.69, 9.17) is 21.1 Å². The first-order valence-corrected chi connectivity index (χ1v) is 12.1. The standard InChI is InChI=1S/C28H22ClF3N4O3/c1-36-16-33-14-23(36)27(37,19-10-11-34-22(13-19)28(30,31)32)18-8-9-21-20(12-18)24(29)25(26(35-21)38-2)39-15-17-6-4-3-5-7-17/h3-14,16,37H,15H2,1-2H3. The number of pyridine rings is 2. The van der Waals surface area contributed by atoms with E-state index < -0.39 is 17.5 Å².